The van der Waals surface area contributed by atoms with Crippen molar-refractivity contribution in [2.75, 3.05) is 12.4 Å². The molecular weight excluding hydrogens is 228 g/mol. The van der Waals surface area contributed by atoms with Gasteiger partial charge in [0.15, 0.2) is 0 Å². The van der Waals surface area contributed by atoms with Gasteiger partial charge in [0.05, 0.1) is 12.8 Å². The summed E-state index contributed by atoms with van der Waals surface area (Å²) < 4.78 is 6.87. The largest absolute Gasteiger partial charge is 0.495 e. The van der Waals surface area contributed by atoms with Crippen LogP contribution in [0.3, 0.4) is 0 Å². The Kier molecular flexibility index (Phi) is 3.26. The van der Waals surface area contributed by atoms with Gasteiger partial charge in [-0.3, -0.25) is 0 Å². The lowest BCUT2D eigenvalue weighted by Crippen LogP contribution is -2.09. The highest BCUT2D eigenvalue weighted by Gasteiger charge is 2.03. The fourth-order valence-corrected chi connectivity index (χ4v) is 1.47. The molecule has 0 amide bonds. The van der Waals surface area contributed by atoms with Crippen LogP contribution in [0.4, 0.5) is 5.69 Å². The number of rotatable bonds is 4. The molecule has 0 atom stereocenters. The Morgan fingerprint density at radius 1 is 1.50 bits per heavy atom. The topological polar surface area (TPSA) is 52.0 Å². The van der Waals surface area contributed by atoms with Crippen LogP contribution < -0.4 is 10.1 Å². The van der Waals surface area contributed by atoms with E-state index in [0.717, 1.165) is 11.4 Å². The van der Waals surface area contributed by atoms with Gasteiger partial charge in [-0.25, -0.2) is 9.67 Å². The molecule has 0 aliphatic rings. The van der Waals surface area contributed by atoms with E-state index < -0.39 is 0 Å². The van der Waals surface area contributed by atoms with Crippen molar-refractivity contribution in [3.05, 3.63) is 35.9 Å². The Morgan fingerprint density at radius 2 is 2.38 bits per heavy atom. The quantitative estimate of drug-likeness (QED) is 0.885. The number of nitrogens with one attached hydrogen (secondary N) is 1. The van der Waals surface area contributed by atoms with Crippen molar-refractivity contribution in [2.24, 2.45) is 0 Å². The van der Waals surface area contributed by atoms with Gasteiger partial charge in [-0.2, -0.15) is 5.10 Å². The molecule has 2 rings (SSSR count). The molecule has 0 saturated heterocycles. The number of hydrogen-bond acceptors (Lipinski definition) is 4. The van der Waals surface area contributed by atoms with Crippen LogP contribution in [0.2, 0.25) is 5.02 Å². The average Bonchev–Trinajstić information content (AvgIpc) is 2.79. The molecule has 2 aromatic rings. The summed E-state index contributed by atoms with van der Waals surface area (Å²) in [6, 6.07) is 5.39. The number of nitrogens with zero attached hydrogens (tertiary/aromatic N) is 3. The van der Waals surface area contributed by atoms with Crippen molar-refractivity contribution in [1.29, 1.82) is 0 Å². The van der Waals surface area contributed by atoms with Gasteiger partial charge in [-0.15, -0.1) is 0 Å². The van der Waals surface area contributed by atoms with Crippen LogP contribution in [0.1, 0.15) is 0 Å². The van der Waals surface area contributed by atoms with Gasteiger partial charge >= 0.3 is 0 Å². The zero-order chi connectivity index (χ0) is 11.4. The third-order valence-corrected chi connectivity index (χ3v) is 2.29. The molecule has 5 nitrogen and oxygen atoms in total. The van der Waals surface area contributed by atoms with Crippen LogP contribution in [0.25, 0.3) is 0 Å². The van der Waals surface area contributed by atoms with Crippen LogP contribution in [0.5, 0.6) is 5.75 Å². The maximum atomic E-state index is 5.90. The summed E-state index contributed by atoms with van der Waals surface area (Å²) in [7, 11) is 1.61. The molecule has 1 aromatic heterocycles. The summed E-state index contributed by atoms with van der Waals surface area (Å²) in [6.07, 6.45) is 3.11. The van der Waals surface area contributed by atoms with Crippen LogP contribution >= 0.6 is 11.6 Å². The molecule has 0 aliphatic heterocycles. The van der Waals surface area contributed by atoms with Gasteiger partial charge in [0.1, 0.15) is 25.1 Å². The molecule has 0 aliphatic carbocycles. The van der Waals surface area contributed by atoms with E-state index in [2.05, 4.69) is 15.4 Å². The number of aromatic nitrogens is 3. The van der Waals surface area contributed by atoms with Gasteiger partial charge in [-0.05, 0) is 18.2 Å². The molecule has 0 saturated carbocycles. The molecular formula is C10H11ClN4O. The monoisotopic (exact) mass is 238 g/mol. The standard InChI is InChI=1S/C10H11ClN4O/c1-16-10-3-2-8(11)4-9(10)13-7-15-6-12-5-14-15/h2-6,13H,7H2,1H3. The number of ether oxygens (including phenoxy) is 1. The first-order valence-electron chi connectivity index (χ1n) is 4.69. The second kappa shape index (κ2) is 4.85. The number of halogens is 1. The average molecular weight is 239 g/mol. The summed E-state index contributed by atoms with van der Waals surface area (Å²) in [5.74, 6) is 0.740. The molecule has 16 heavy (non-hydrogen) atoms. The minimum atomic E-state index is 0.511. The second-order valence-electron chi connectivity index (χ2n) is 3.11. The van der Waals surface area contributed by atoms with E-state index in [1.807, 2.05) is 6.07 Å². The summed E-state index contributed by atoms with van der Waals surface area (Å²) in [4.78, 5) is 3.85. The zero-order valence-corrected chi connectivity index (χ0v) is 9.48. The molecule has 0 radical (unpaired) electrons. The first-order valence-corrected chi connectivity index (χ1v) is 5.07. The summed E-state index contributed by atoms with van der Waals surface area (Å²) >= 11 is 5.90. The van der Waals surface area contributed by atoms with E-state index in [4.69, 9.17) is 16.3 Å². The van der Waals surface area contributed by atoms with E-state index in [9.17, 15) is 0 Å². The highest BCUT2D eigenvalue weighted by Crippen LogP contribution is 2.27. The third-order valence-electron chi connectivity index (χ3n) is 2.06. The molecule has 0 spiro atoms. The number of benzene rings is 1. The molecule has 0 fully saturated rings. The lowest BCUT2D eigenvalue weighted by Gasteiger charge is -2.11. The fraction of sp³-hybridized carbons (Fsp3) is 0.200. The highest BCUT2D eigenvalue weighted by molar-refractivity contribution is 6.30. The predicted molar refractivity (Wildman–Crippen MR) is 61.6 cm³/mol. The van der Waals surface area contributed by atoms with Crippen LogP contribution in [-0.2, 0) is 6.67 Å². The Balaban J connectivity index is 2.11. The zero-order valence-electron chi connectivity index (χ0n) is 8.72. The number of anilines is 1. The number of hydrogen-bond donors (Lipinski definition) is 1. The lowest BCUT2D eigenvalue weighted by atomic mass is 10.3. The van der Waals surface area contributed by atoms with Gasteiger partial charge < -0.3 is 10.1 Å². The van der Waals surface area contributed by atoms with Crippen molar-refractivity contribution in [3.8, 4) is 5.75 Å². The number of methoxy groups -OCH3 is 1. The van der Waals surface area contributed by atoms with Crippen molar-refractivity contribution in [3.63, 3.8) is 0 Å². The molecule has 1 N–H and O–H groups in total. The van der Waals surface area contributed by atoms with E-state index >= 15 is 0 Å². The lowest BCUT2D eigenvalue weighted by molar-refractivity contribution is 0.416. The fourth-order valence-electron chi connectivity index (χ4n) is 1.30. The van der Waals surface area contributed by atoms with Crippen molar-refractivity contribution in [2.45, 2.75) is 6.67 Å². The van der Waals surface area contributed by atoms with Crippen molar-refractivity contribution in [1.82, 2.24) is 14.8 Å². The first kappa shape index (κ1) is 10.8. The van der Waals surface area contributed by atoms with E-state index in [0.29, 0.717) is 11.7 Å². The maximum Gasteiger partial charge on any atom is 0.142 e. The van der Waals surface area contributed by atoms with Crippen LogP contribution in [0.15, 0.2) is 30.9 Å². The molecule has 0 unspecified atom stereocenters. The van der Waals surface area contributed by atoms with Gasteiger partial charge in [0.25, 0.3) is 0 Å². The Morgan fingerprint density at radius 3 is 3.06 bits per heavy atom. The van der Waals surface area contributed by atoms with Crippen LogP contribution in [-0.4, -0.2) is 21.9 Å². The molecule has 1 aromatic carbocycles. The van der Waals surface area contributed by atoms with E-state index in [-0.39, 0.29) is 0 Å². The SMILES string of the molecule is COc1ccc(Cl)cc1NCn1cncn1. The van der Waals surface area contributed by atoms with Gasteiger partial charge in [0, 0.05) is 5.02 Å². The van der Waals surface area contributed by atoms with Crippen molar-refractivity contribution < 1.29 is 4.74 Å². The van der Waals surface area contributed by atoms with Gasteiger partial charge in [-0.1, -0.05) is 11.6 Å². The Labute approximate surface area is 98.0 Å². The first-order chi connectivity index (χ1) is 7.79. The third kappa shape index (κ3) is 2.43. The second-order valence-corrected chi connectivity index (χ2v) is 3.55. The summed E-state index contributed by atoms with van der Waals surface area (Å²) in [6.45, 7) is 0.511. The van der Waals surface area contributed by atoms with Gasteiger partial charge in [0.2, 0.25) is 0 Å². The normalized spacial score (nSPS) is 10.1. The summed E-state index contributed by atoms with van der Waals surface area (Å²) in [5, 5.41) is 7.79. The smallest absolute Gasteiger partial charge is 0.142 e. The molecule has 6 heteroatoms. The van der Waals surface area contributed by atoms with Crippen molar-refractivity contribution >= 4 is 17.3 Å². The maximum absolute atomic E-state index is 5.90. The summed E-state index contributed by atoms with van der Waals surface area (Å²) in [5.41, 5.74) is 0.825. The minimum absolute atomic E-state index is 0.511. The van der Waals surface area contributed by atoms with E-state index in [1.54, 1.807) is 30.3 Å². The minimum Gasteiger partial charge on any atom is -0.495 e. The van der Waals surface area contributed by atoms with Crippen LogP contribution in [0, 0.1) is 0 Å². The molecule has 1 heterocycles. The van der Waals surface area contributed by atoms with E-state index in [1.165, 1.54) is 6.33 Å². The Hall–Kier alpha value is -1.75. The highest BCUT2D eigenvalue weighted by atomic mass is 35.5. The predicted octanol–water partition coefficient (Wildman–Crippen LogP) is 2.01. The molecule has 84 valence electrons. The Bertz CT molecular complexity index is 458. The molecule has 0 bridgehead atoms.